The average Bonchev–Trinajstić information content (AvgIpc) is 2.53. The molecular formula is C15H15FN2O2S. The molecule has 2 aromatic carbocycles. The second-order valence-electron chi connectivity index (χ2n) is 4.16. The monoisotopic (exact) mass is 306 g/mol. The van der Waals surface area contributed by atoms with Crippen LogP contribution in [-0.2, 0) is 0 Å². The van der Waals surface area contributed by atoms with Gasteiger partial charge in [-0.2, -0.15) is 0 Å². The van der Waals surface area contributed by atoms with Gasteiger partial charge in [-0.25, -0.2) is 4.39 Å². The fraction of sp³-hybridized carbons (Fsp3) is 0.133. The Morgan fingerprint density at radius 2 is 1.81 bits per heavy atom. The highest BCUT2D eigenvalue weighted by molar-refractivity contribution is 7.99. The zero-order valence-corrected chi connectivity index (χ0v) is 12.0. The first-order valence-electron chi connectivity index (χ1n) is 6.28. The maximum absolute atomic E-state index is 12.7. The number of amidine groups is 1. The lowest BCUT2D eigenvalue weighted by Gasteiger charge is -2.07. The van der Waals surface area contributed by atoms with Crippen LogP contribution in [0.15, 0.2) is 58.6 Å². The molecule has 4 nitrogen and oxygen atoms in total. The quantitative estimate of drug-likeness (QED) is 0.215. The molecule has 0 aliphatic heterocycles. The van der Waals surface area contributed by atoms with Gasteiger partial charge in [0.15, 0.2) is 5.84 Å². The van der Waals surface area contributed by atoms with E-state index in [1.54, 1.807) is 48.2 Å². The Labute approximate surface area is 126 Å². The van der Waals surface area contributed by atoms with Gasteiger partial charge in [0, 0.05) is 16.2 Å². The fourth-order valence-corrected chi connectivity index (χ4v) is 2.36. The third-order valence-electron chi connectivity index (χ3n) is 2.69. The normalized spacial score (nSPS) is 11.4. The molecule has 0 amide bonds. The van der Waals surface area contributed by atoms with Crippen molar-refractivity contribution in [2.45, 2.75) is 4.90 Å². The standard InChI is InChI=1S/C15H15FN2O2S/c16-12-3-7-14(8-4-12)21-10-9-20-13-5-1-11(2-6-13)15(17)18-19/h1-8,19H,9-10H2,(H2,17,18). The van der Waals surface area contributed by atoms with Gasteiger partial charge < -0.3 is 15.7 Å². The number of hydrogen-bond donors (Lipinski definition) is 2. The Morgan fingerprint density at radius 3 is 2.43 bits per heavy atom. The lowest BCUT2D eigenvalue weighted by molar-refractivity contribution is 0.318. The molecule has 2 aromatic rings. The first-order valence-corrected chi connectivity index (χ1v) is 7.27. The van der Waals surface area contributed by atoms with Gasteiger partial charge in [0.2, 0.25) is 0 Å². The van der Waals surface area contributed by atoms with Crippen molar-refractivity contribution in [1.29, 1.82) is 0 Å². The van der Waals surface area contributed by atoms with Crippen molar-refractivity contribution in [2.75, 3.05) is 12.4 Å². The minimum absolute atomic E-state index is 0.0633. The van der Waals surface area contributed by atoms with E-state index in [1.165, 1.54) is 12.1 Å². The highest BCUT2D eigenvalue weighted by Crippen LogP contribution is 2.18. The fourth-order valence-electron chi connectivity index (χ4n) is 1.63. The highest BCUT2D eigenvalue weighted by Gasteiger charge is 2.00. The van der Waals surface area contributed by atoms with Gasteiger partial charge in [0.25, 0.3) is 0 Å². The summed E-state index contributed by atoms with van der Waals surface area (Å²) in [6.07, 6.45) is 0. The van der Waals surface area contributed by atoms with Crippen LogP contribution < -0.4 is 10.5 Å². The molecule has 0 radical (unpaired) electrons. The molecule has 0 aromatic heterocycles. The van der Waals surface area contributed by atoms with Crippen LogP contribution in [0, 0.1) is 5.82 Å². The van der Waals surface area contributed by atoms with E-state index in [2.05, 4.69) is 5.16 Å². The topological polar surface area (TPSA) is 67.8 Å². The summed E-state index contributed by atoms with van der Waals surface area (Å²) in [6.45, 7) is 0.533. The van der Waals surface area contributed by atoms with Gasteiger partial charge in [-0.05, 0) is 48.5 Å². The molecular weight excluding hydrogens is 291 g/mol. The molecule has 3 N–H and O–H groups in total. The summed E-state index contributed by atoms with van der Waals surface area (Å²) in [5.74, 6) is 1.30. The van der Waals surface area contributed by atoms with Crippen LogP contribution in [-0.4, -0.2) is 23.4 Å². The molecule has 0 spiro atoms. The molecule has 0 aliphatic rings. The number of ether oxygens (including phenoxy) is 1. The number of benzene rings is 2. The van der Waals surface area contributed by atoms with Gasteiger partial charge in [-0.3, -0.25) is 0 Å². The van der Waals surface area contributed by atoms with Crippen LogP contribution in [0.2, 0.25) is 0 Å². The van der Waals surface area contributed by atoms with Crippen LogP contribution in [0.25, 0.3) is 0 Å². The number of hydrogen-bond acceptors (Lipinski definition) is 4. The highest BCUT2D eigenvalue weighted by atomic mass is 32.2. The molecule has 0 unspecified atom stereocenters. The molecule has 0 saturated heterocycles. The second kappa shape index (κ2) is 7.54. The minimum atomic E-state index is -0.235. The van der Waals surface area contributed by atoms with E-state index in [0.29, 0.717) is 17.9 Å². The van der Waals surface area contributed by atoms with Gasteiger partial charge in [-0.15, -0.1) is 11.8 Å². The van der Waals surface area contributed by atoms with Gasteiger partial charge in [0.1, 0.15) is 11.6 Å². The first-order chi connectivity index (χ1) is 10.2. The number of rotatable bonds is 6. The zero-order chi connectivity index (χ0) is 15.1. The van der Waals surface area contributed by atoms with Gasteiger partial charge >= 0.3 is 0 Å². The Kier molecular flexibility index (Phi) is 5.45. The molecule has 21 heavy (non-hydrogen) atoms. The van der Waals surface area contributed by atoms with Crippen LogP contribution in [0.3, 0.4) is 0 Å². The van der Waals surface area contributed by atoms with Gasteiger partial charge in [-0.1, -0.05) is 5.16 Å². The molecule has 0 bridgehead atoms. The maximum Gasteiger partial charge on any atom is 0.170 e. The lowest BCUT2D eigenvalue weighted by atomic mass is 10.2. The van der Waals surface area contributed by atoms with Crippen LogP contribution in [0.4, 0.5) is 4.39 Å². The summed E-state index contributed by atoms with van der Waals surface area (Å²) in [5, 5.41) is 11.5. The van der Waals surface area contributed by atoms with Crippen LogP contribution >= 0.6 is 11.8 Å². The van der Waals surface area contributed by atoms with Gasteiger partial charge in [0.05, 0.1) is 6.61 Å². The number of nitrogens with zero attached hydrogens (tertiary/aromatic N) is 1. The molecule has 110 valence electrons. The van der Waals surface area contributed by atoms with Crippen molar-refractivity contribution in [3.8, 4) is 5.75 Å². The SMILES string of the molecule is N/C(=N/O)c1ccc(OCCSc2ccc(F)cc2)cc1. The summed E-state index contributed by atoms with van der Waals surface area (Å²) in [5.41, 5.74) is 6.10. The second-order valence-corrected chi connectivity index (χ2v) is 5.33. The predicted molar refractivity (Wildman–Crippen MR) is 81.6 cm³/mol. The number of thioether (sulfide) groups is 1. The molecule has 0 aliphatic carbocycles. The third kappa shape index (κ3) is 4.68. The van der Waals surface area contributed by atoms with Crippen LogP contribution in [0.5, 0.6) is 5.75 Å². The molecule has 0 fully saturated rings. The zero-order valence-electron chi connectivity index (χ0n) is 11.2. The molecule has 2 rings (SSSR count). The summed E-state index contributed by atoms with van der Waals surface area (Å²) in [6, 6.07) is 13.3. The van der Waals surface area contributed by atoms with Crippen LogP contribution in [0.1, 0.15) is 5.56 Å². The van der Waals surface area contributed by atoms with E-state index in [1.807, 2.05) is 0 Å². The summed E-state index contributed by atoms with van der Waals surface area (Å²) in [4.78, 5) is 1.00. The van der Waals surface area contributed by atoms with E-state index in [9.17, 15) is 4.39 Å². The Balaban J connectivity index is 1.77. The Bertz CT molecular complexity index is 600. The largest absolute Gasteiger partial charge is 0.493 e. The minimum Gasteiger partial charge on any atom is -0.493 e. The van der Waals surface area contributed by atoms with E-state index in [4.69, 9.17) is 15.7 Å². The summed E-state index contributed by atoms with van der Waals surface area (Å²) in [7, 11) is 0. The van der Waals surface area contributed by atoms with Crippen molar-refractivity contribution in [1.82, 2.24) is 0 Å². The lowest BCUT2D eigenvalue weighted by Crippen LogP contribution is -2.12. The number of nitrogens with two attached hydrogens (primary N) is 1. The first kappa shape index (κ1) is 15.2. The third-order valence-corrected chi connectivity index (χ3v) is 3.67. The van der Waals surface area contributed by atoms with E-state index in [0.717, 1.165) is 10.6 Å². The Hall–Kier alpha value is -2.21. The maximum atomic E-state index is 12.7. The molecule has 0 saturated carbocycles. The summed E-state index contributed by atoms with van der Waals surface area (Å²) < 4.78 is 18.3. The van der Waals surface area contributed by atoms with Crippen molar-refractivity contribution < 1.29 is 14.3 Å². The number of halogens is 1. The van der Waals surface area contributed by atoms with Crippen molar-refractivity contribution >= 4 is 17.6 Å². The summed E-state index contributed by atoms with van der Waals surface area (Å²) >= 11 is 1.60. The molecule has 6 heteroatoms. The molecule has 0 heterocycles. The van der Waals surface area contributed by atoms with Crippen molar-refractivity contribution in [2.24, 2.45) is 10.9 Å². The average molecular weight is 306 g/mol. The predicted octanol–water partition coefficient (Wildman–Crippen LogP) is 3.09. The van der Waals surface area contributed by atoms with E-state index >= 15 is 0 Å². The Morgan fingerprint density at radius 1 is 1.14 bits per heavy atom. The van der Waals surface area contributed by atoms with Crippen molar-refractivity contribution in [3.05, 3.63) is 59.9 Å². The smallest absolute Gasteiger partial charge is 0.170 e. The van der Waals surface area contributed by atoms with Crippen molar-refractivity contribution in [3.63, 3.8) is 0 Å². The van der Waals surface area contributed by atoms with E-state index < -0.39 is 0 Å². The number of oxime groups is 1. The van der Waals surface area contributed by atoms with E-state index in [-0.39, 0.29) is 11.7 Å². The molecule has 0 atom stereocenters.